The van der Waals surface area contributed by atoms with Crippen LogP contribution in [0.4, 0.5) is 5.69 Å². The van der Waals surface area contributed by atoms with E-state index in [0.717, 1.165) is 11.1 Å². The Morgan fingerprint density at radius 1 is 1.14 bits per heavy atom. The second-order valence-corrected chi connectivity index (χ2v) is 9.39. The van der Waals surface area contributed by atoms with E-state index in [0.29, 0.717) is 17.9 Å². The molecule has 1 aliphatic rings. The summed E-state index contributed by atoms with van der Waals surface area (Å²) in [5.74, 6) is 0.221. The number of carbonyl (C=O) groups is 1. The first kappa shape index (κ1) is 19.3. The molecule has 0 spiro atoms. The Morgan fingerprint density at radius 3 is 2.52 bits per heavy atom. The van der Waals surface area contributed by atoms with Crippen molar-refractivity contribution in [2.24, 2.45) is 0 Å². The van der Waals surface area contributed by atoms with Gasteiger partial charge in [0.1, 0.15) is 6.54 Å². The second kappa shape index (κ2) is 7.75. The largest absolute Gasteiger partial charge is 0.307 e. The zero-order chi connectivity index (χ0) is 20.4. The van der Waals surface area contributed by atoms with Crippen molar-refractivity contribution in [3.8, 4) is 11.4 Å². The van der Waals surface area contributed by atoms with E-state index in [1.54, 1.807) is 17.0 Å². The van der Waals surface area contributed by atoms with Gasteiger partial charge in [0.05, 0.1) is 17.5 Å². The highest BCUT2D eigenvalue weighted by molar-refractivity contribution is 7.91. The first-order chi connectivity index (χ1) is 13.9. The summed E-state index contributed by atoms with van der Waals surface area (Å²) < 4.78 is 23.9. The molecule has 1 atom stereocenters. The van der Waals surface area contributed by atoms with E-state index in [1.807, 2.05) is 49.4 Å². The van der Waals surface area contributed by atoms with Crippen molar-refractivity contribution in [1.29, 1.82) is 0 Å². The van der Waals surface area contributed by atoms with Gasteiger partial charge in [0, 0.05) is 11.3 Å². The lowest BCUT2D eigenvalue weighted by atomic mass is 10.1. The van der Waals surface area contributed by atoms with E-state index in [-0.39, 0.29) is 24.0 Å². The molecule has 1 aromatic heterocycles. The van der Waals surface area contributed by atoms with Crippen molar-refractivity contribution in [2.45, 2.75) is 25.9 Å². The third-order valence-electron chi connectivity index (χ3n) is 4.92. The van der Waals surface area contributed by atoms with Gasteiger partial charge in [0.25, 0.3) is 5.91 Å². The molecule has 3 aromatic rings. The van der Waals surface area contributed by atoms with E-state index in [2.05, 4.69) is 15.4 Å². The summed E-state index contributed by atoms with van der Waals surface area (Å²) in [5, 5.41) is 12.3. The first-order valence-electron chi connectivity index (χ1n) is 9.34. The molecule has 0 unspecified atom stereocenters. The molecule has 0 aliphatic carbocycles. The Labute approximate surface area is 169 Å². The van der Waals surface area contributed by atoms with Crippen molar-refractivity contribution in [1.82, 2.24) is 20.2 Å². The fourth-order valence-electron chi connectivity index (χ4n) is 3.45. The van der Waals surface area contributed by atoms with Crippen LogP contribution < -0.4 is 4.90 Å². The van der Waals surface area contributed by atoms with E-state index in [9.17, 15) is 13.2 Å². The molecule has 29 heavy (non-hydrogen) atoms. The van der Waals surface area contributed by atoms with Crippen molar-refractivity contribution in [3.63, 3.8) is 0 Å². The van der Waals surface area contributed by atoms with Gasteiger partial charge in [-0.25, -0.2) is 8.42 Å². The summed E-state index contributed by atoms with van der Waals surface area (Å²) in [7, 11) is -3.13. The van der Waals surface area contributed by atoms with Gasteiger partial charge in [-0.3, -0.25) is 4.79 Å². The van der Waals surface area contributed by atoms with Crippen LogP contribution in [-0.2, 0) is 21.2 Å². The second-order valence-electron chi connectivity index (χ2n) is 7.17. The van der Waals surface area contributed by atoms with Crippen LogP contribution in [0.1, 0.15) is 12.0 Å². The third-order valence-corrected chi connectivity index (χ3v) is 6.67. The molecular weight excluding hydrogens is 390 g/mol. The number of rotatable bonds is 5. The van der Waals surface area contributed by atoms with Crippen LogP contribution in [0.15, 0.2) is 54.6 Å². The maximum atomic E-state index is 13.1. The monoisotopic (exact) mass is 411 g/mol. The van der Waals surface area contributed by atoms with Crippen LogP contribution in [0.3, 0.4) is 0 Å². The maximum absolute atomic E-state index is 13.1. The number of benzene rings is 2. The average molecular weight is 411 g/mol. The molecule has 1 amide bonds. The van der Waals surface area contributed by atoms with E-state index >= 15 is 0 Å². The van der Waals surface area contributed by atoms with Crippen molar-refractivity contribution in [2.75, 3.05) is 16.4 Å². The molecule has 0 N–H and O–H groups in total. The van der Waals surface area contributed by atoms with Crippen molar-refractivity contribution < 1.29 is 13.2 Å². The zero-order valence-corrected chi connectivity index (χ0v) is 16.8. The number of para-hydroxylation sites is 1. The Bertz CT molecular complexity index is 1110. The van der Waals surface area contributed by atoms with E-state index < -0.39 is 15.9 Å². The third kappa shape index (κ3) is 4.34. The van der Waals surface area contributed by atoms with Crippen molar-refractivity contribution in [3.05, 3.63) is 60.2 Å². The van der Waals surface area contributed by atoms with Crippen LogP contribution in [0.2, 0.25) is 0 Å². The fourth-order valence-corrected chi connectivity index (χ4v) is 5.15. The standard InChI is InChI=1S/C20H21N5O3S/c1-15-7-9-16(10-8-15)20-21-23-24(22-20)13-19(26)25(17-5-3-2-4-6-17)18-11-12-29(27,28)14-18/h2-10,18H,11-14H2,1H3/t18-/m0/s1. The topological polar surface area (TPSA) is 98.0 Å². The number of hydrogen-bond acceptors (Lipinski definition) is 6. The van der Waals surface area contributed by atoms with Crippen LogP contribution in [0.5, 0.6) is 0 Å². The van der Waals surface area contributed by atoms with Gasteiger partial charge in [0.15, 0.2) is 9.84 Å². The number of aryl methyl sites for hydroxylation is 1. The number of hydrogen-bond donors (Lipinski definition) is 0. The number of anilines is 1. The van der Waals surface area contributed by atoms with Crippen LogP contribution in [-0.4, -0.2) is 52.1 Å². The lowest BCUT2D eigenvalue weighted by Gasteiger charge is -2.28. The molecule has 2 heterocycles. The summed E-state index contributed by atoms with van der Waals surface area (Å²) in [6.45, 7) is 1.87. The van der Waals surface area contributed by atoms with Gasteiger partial charge in [0.2, 0.25) is 5.82 Å². The number of amides is 1. The minimum atomic E-state index is -3.13. The highest BCUT2D eigenvalue weighted by Crippen LogP contribution is 2.25. The number of tetrazole rings is 1. The number of nitrogens with zero attached hydrogens (tertiary/aromatic N) is 5. The molecular formula is C20H21N5O3S. The lowest BCUT2D eigenvalue weighted by molar-refractivity contribution is -0.120. The Balaban J connectivity index is 1.56. The Morgan fingerprint density at radius 2 is 1.86 bits per heavy atom. The molecule has 0 saturated carbocycles. The Hall–Kier alpha value is -3.07. The van der Waals surface area contributed by atoms with E-state index in [4.69, 9.17) is 0 Å². The molecule has 150 valence electrons. The first-order valence-corrected chi connectivity index (χ1v) is 11.2. The van der Waals surface area contributed by atoms with Crippen LogP contribution in [0, 0.1) is 6.92 Å². The number of sulfone groups is 1. The van der Waals surface area contributed by atoms with Gasteiger partial charge < -0.3 is 4.90 Å². The van der Waals surface area contributed by atoms with Crippen LogP contribution in [0.25, 0.3) is 11.4 Å². The van der Waals surface area contributed by atoms with Gasteiger partial charge in [-0.1, -0.05) is 48.0 Å². The summed E-state index contributed by atoms with van der Waals surface area (Å²) in [6.07, 6.45) is 0.419. The predicted octanol–water partition coefficient (Wildman–Crippen LogP) is 1.87. The molecule has 1 saturated heterocycles. The fraction of sp³-hybridized carbons (Fsp3) is 0.300. The van der Waals surface area contributed by atoms with Gasteiger partial charge in [-0.2, -0.15) is 4.80 Å². The maximum Gasteiger partial charge on any atom is 0.250 e. The lowest BCUT2D eigenvalue weighted by Crippen LogP contribution is -2.43. The number of aromatic nitrogens is 4. The van der Waals surface area contributed by atoms with Gasteiger partial charge in [-0.05, 0) is 30.7 Å². The molecule has 1 aliphatic heterocycles. The normalized spacial score (nSPS) is 17.9. The summed E-state index contributed by atoms with van der Waals surface area (Å²) in [6, 6.07) is 16.4. The van der Waals surface area contributed by atoms with Gasteiger partial charge >= 0.3 is 0 Å². The summed E-state index contributed by atoms with van der Waals surface area (Å²) >= 11 is 0. The minimum Gasteiger partial charge on any atom is -0.307 e. The molecule has 2 aromatic carbocycles. The van der Waals surface area contributed by atoms with Gasteiger partial charge in [-0.15, -0.1) is 10.2 Å². The molecule has 1 fully saturated rings. The SMILES string of the molecule is Cc1ccc(-c2nnn(CC(=O)N(c3ccccc3)[C@H]3CCS(=O)(=O)C3)n2)cc1. The summed E-state index contributed by atoms with van der Waals surface area (Å²) in [5.41, 5.74) is 2.61. The molecule has 4 rings (SSSR count). The zero-order valence-electron chi connectivity index (χ0n) is 16.0. The molecule has 0 bridgehead atoms. The highest BCUT2D eigenvalue weighted by Gasteiger charge is 2.35. The average Bonchev–Trinajstić information content (AvgIpc) is 3.30. The minimum absolute atomic E-state index is 0.0347. The quantitative estimate of drug-likeness (QED) is 0.636. The van der Waals surface area contributed by atoms with Crippen molar-refractivity contribution >= 4 is 21.4 Å². The Kier molecular flexibility index (Phi) is 5.14. The smallest absolute Gasteiger partial charge is 0.250 e. The molecule has 9 heteroatoms. The molecule has 0 radical (unpaired) electrons. The number of carbonyl (C=O) groups excluding carboxylic acids is 1. The van der Waals surface area contributed by atoms with Crippen LogP contribution >= 0.6 is 0 Å². The predicted molar refractivity (Wildman–Crippen MR) is 109 cm³/mol. The molecule has 8 nitrogen and oxygen atoms in total. The summed E-state index contributed by atoms with van der Waals surface area (Å²) in [4.78, 5) is 15.9. The highest BCUT2D eigenvalue weighted by atomic mass is 32.2. The van der Waals surface area contributed by atoms with E-state index in [1.165, 1.54) is 4.80 Å².